The Bertz CT molecular complexity index is 1050. The Morgan fingerprint density at radius 3 is 2.11 bits per heavy atom. The van der Waals surface area contributed by atoms with E-state index in [1.54, 1.807) is 6.07 Å². The quantitative estimate of drug-likeness (QED) is 0.550. The lowest BCUT2D eigenvalue weighted by Crippen LogP contribution is -2.14. The van der Waals surface area contributed by atoms with Crippen LogP contribution in [-0.4, -0.2) is 40.4 Å². The maximum Gasteiger partial charge on any atom is 0.339 e. The molecule has 0 bridgehead atoms. The number of ketones is 1. The standard InChI is InChI=1S/C19H16O8S/c1-25-18(21)11-8-12(19(22)26-2)10-13(9-11)28(23,24)27-17-5-3-4-14-15(17)6-7-16(14)20/h3-5,8-10H,6-7H2,1-2H3. The van der Waals surface area contributed by atoms with E-state index >= 15 is 0 Å². The zero-order chi connectivity index (χ0) is 20.5. The molecule has 3 rings (SSSR count). The Hall–Kier alpha value is -3.20. The summed E-state index contributed by atoms with van der Waals surface area (Å²) in [6.45, 7) is 0. The van der Waals surface area contributed by atoms with Gasteiger partial charge in [-0.2, -0.15) is 8.42 Å². The molecule has 2 aromatic rings. The van der Waals surface area contributed by atoms with Gasteiger partial charge in [-0.05, 0) is 30.7 Å². The van der Waals surface area contributed by atoms with Gasteiger partial charge in [0.1, 0.15) is 10.6 Å². The molecule has 8 nitrogen and oxygen atoms in total. The molecule has 1 aliphatic rings. The lowest BCUT2D eigenvalue weighted by molar-refractivity contribution is 0.0598. The average molecular weight is 404 g/mol. The topological polar surface area (TPSA) is 113 Å². The van der Waals surface area contributed by atoms with Crippen molar-refractivity contribution >= 4 is 27.8 Å². The van der Waals surface area contributed by atoms with Crippen LogP contribution in [0, 0.1) is 0 Å². The predicted molar refractivity (Wildman–Crippen MR) is 96.0 cm³/mol. The number of carbonyl (C=O) groups excluding carboxylic acids is 3. The third-order valence-electron chi connectivity index (χ3n) is 4.27. The number of carbonyl (C=O) groups is 3. The van der Waals surface area contributed by atoms with Crippen molar-refractivity contribution in [3.05, 3.63) is 58.7 Å². The summed E-state index contributed by atoms with van der Waals surface area (Å²) >= 11 is 0. The predicted octanol–water partition coefficient (Wildman–Crippen LogP) is 2.16. The lowest BCUT2D eigenvalue weighted by atomic mass is 10.1. The zero-order valence-electron chi connectivity index (χ0n) is 15.1. The van der Waals surface area contributed by atoms with Gasteiger partial charge in [0, 0.05) is 17.5 Å². The summed E-state index contributed by atoms with van der Waals surface area (Å²) in [5.74, 6) is -1.70. The fourth-order valence-electron chi connectivity index (χ4n) is 2.92. The molecule has 1 aliphatic carbocycles. The van der Waals surface area contributed by atoms with Crippen molar-refractivity contribution in [2.75, 3.05) is 14.2 Å². The smallest absolute Gasteiger partial charge is 0.339 e. The molecule has 28 heavy (non-hydrogen) atoms. The highest BCUT2D eigenvalue weighted by Crippen LogP contribution is 2.32. The molecule has 9 heteroatoms. The van der Waals surface area contributed by atoms with Gasteiger partial charge in [-0.1, -0.05) is 12.1 Å². The van der Waals surface area contributed by atoms with Crippen molar-refractivity contribution in [2.24, 2.45) is 0 Å². The summed E-state index contributed by atoms with van der Waals surface area (Å²) < 4.78 is 40.0. The van der Waals surface area contributed by atoms with E-state index in [-0.39, 0.29) is 29.1 Å². The number of hydrogen-bond donors (Lipinski definition) is 0. The Labute approximate surface area is 161 Å². The van der Waals surface area contributed by atoms with E-state index in [1.807, 2.05) is 0 Å². The van der Waals surface area contributed by atoms with Crippen LogP contribution in [0.15, 0.2) is 41.3 Å². The van der Waals surface area contributed by atoms with Crippen molar-refractivity contribution in [1.82, 2.24) is 0 Å². The van der Waals surface area contributed by atoms with Crippen LogP contribution in [0.4, 0.5) is 0 Å². The molecule has 0 N–H and O–H groups in total. The molecule has 146 valence electrons. The van der Waals surface area contributed by atoms with E-state index in [0.29, 0.717) is 17.5 Å². The minimum absolute atomic E-state index is 0.0337. The van der Waals surface area contributed by atoms with Gasteiger partial charge >= 0.3 is 22.1 Å². The minimum Gasteiger partial charge on any atom is -0.465 e. The number of methoxy groups -OCH3 is 2. The zero-order valence-corrected chi connectivity index (χ0v) is 15.9. The van der Waals surface area contributed by atoms with E-state index in [4.69, 9.17) is 4.18 Å². The Balaban J connectivity index is 2.06. The first-order valence-electron chi connectivity index (χ1n) is 8.18. The largest absolute Gasteiger partial charge is 0.465 e. The van der Waals surface area contributed by atoms with E-state index in [9.17, 15) is 22.8 Å². The molecule has 0 heterocycles. The average Bonchev–Trinajstić information content (AvgIpc) is 3.08. The summed E-state index contributed by atoms with van der Waals surface area (Å²) in [6.07, 6.45) is 0.648. The van der Waals surface area contributed by atoms with Gasteiger partial charge < -0.3 is 13.7 Å². The fourth-order valence-corrected chi connectivity index (χ4v) is 3.95. The molecular weight excluding hydrogens is 388 g/mol. The second-order valence-corrected chi connectivity index (χ2v) is 7.52. The van der Waals surface area contributed by atoms with Crippen LogP contribution < -0.4 is 4.18 Å². The second-order valence-electron chi connectivity index (χ2n) is 5.97. The summed E-state index contributed by atoms with van der Waals surface area (Å²) in [6, 6.07) is 7.83. The van der Waals surface area contributed by atoms with Crippen LogP contribution >= 0.6 is 0 Å². The highest BCUT2D eigenvalue weighted by atomic mass is 32.2. The fraction of sp³-hybridized carbons (Fsp3) is 0.211. The Kier molecular flexibility index (Phi) is 5.19. The number of rotatable bonds is 5. The molecule has 0 saturated carbocycles. The van der Waals surface area contributed by atoms with Crippen LogP contribution in [0.2, 0.25) is 0 Å². The van der Waals surface area contributed by atoms with Gasteiger partial charge in [-0.25, -0.2) is 9.59 Å². The molecular formula is C19H16O8S. The highest BCUT2D eigenvalue weighted by molar-refractivity contribution is 7.87. The van der Waals surface area contributed by atoms with Gasteiger partial charge in [0.2, 0.25) is 0 Å². The molecule has 0 amide bonds. The van der Waals surface area contributed by atoms with E-state index in [0.717, 1.165) is 32.4 Å². The van der Waals surface area contributed by atoms with E-state index in [1.165, 1.54) is 12.1 Å². The van der Waals surface area contributed by atoms with Crippen LogP contribution in [0.25, 0.3) is 0 Å². The molecule has 0 fully saturated rings. The normalized spacial score (nSPS) is 13.0. The molecule has 0 radical (unpaired) electrons. The van der Waals surface area contributed by atoms with Gasteiger partial charge in [0.15, 0.2) is 5.78 Å². The van der Waals surface area contributed by atoms with Crippen molar-refractivity contribution < 1.29 is 36.5 Å². The van der Waals surface area contributed by atoms with Crippen LogP contribution in [0.1, 0.15) is 43.1 Å². The first-order chi connectivity index (χ1) is 13.3. The molecule has 0 atom stereocenters. The number of Topliss-reactive ketones (excluding diaryl/α,β-unsaturated/α-hetero) is 1. The summed E-state index contributed by atoms with van der Waals surface area (Å²) in [7, 11) is -2.15. The van der Waals surface area contributed by atoms with Crippen molar-refractivity contribution in [1.29, 1.82) is 0 Å². The Morgan fingerprint density at radius 2 is 1.54 bits per heavy atom. The number of hydrogen-bond acceptors (Lipinski definition) is 8. The summed E-state index contributed by atoms with van der Waals surface area (Å²) in [5, 5.41) is 0. The van der Waals surface area contributed by atoms with Gasteiger partial charge in [-0.15, -0.1) is 0 Å². The number of benzene rings is 2. The summed E-state index contributed by atoms with van der Waals surface area (Å²) in [5.41, 5.74) is 0.627. The van der Waals surface area contributed by atoms with Crippen LogP contribution in [0.3, 0.4) is 0 Å². The highest BCUT2D eigenvalue weighted by Gasteiger charge is 2.27. The summed E-state index contributed by atoms with van der Waals surface area (Å²) in [4.78, 5) is 35.1. The van der Waals surface area contributed by atoms with Crippen molar-refractivity contribution in [2.45, 2.75) is 17.7 Å². The first-order valence-corrected chi connectivity index (χ1v) is 9.59. The van der Waals surface area contributed by atoms with Gasteiger partial charge in [-0.3, -0.25) is 4.79 Å². The second kappa shape index (κ2) is 7.43. The third kappa shape index (κ3) is 3.61. The number of esters is 2. The SMILES string of the molecule is COC(=O)c1cc(C(=O)OC)cc(S(=O)(=O)Oc2cccc3c2CCC3=O)c1. The van der Waals surface area contributed by atoms with Gasteiger partial charge in [0.25, 0.3) is 0 Å². The molecule has 0 aromatic heterocycles. The molecule has 2 aromatic carbocycles. The Morgan fingerprint density at radius 1 is 0.929 bits per heavy atom. The number of ether oxygens (including phenoxy) is 2. The third-order valence-corrected chi connectivity index (χ3v) is 5.48. The van der Waals surface area contributed by atoms with Crippen molar-refractivity contribution in [3.8, 4) is 5.75 Å². The van der Waals surface area contributed by atoms with E-state index < -0.39 is 27.0 Å². The molecule has 0 unspecified atom stereocenters. The monoisotopic (exact) mass is 404 g/mol. The first kappa shape index (κ1) is 19.6. The molecule has 0 aliphatic heterocycles. The lowest BCUT2D eigenvalue weighted by Gasteiger charge is -2.12. The van der Waals surface area contributed by atoms with Crippen LogP contribution in [0.5, 0.6) is 5.75 Å². The van der Waals surface area contributed by atoms with Gasteiger partial charge in [0.05, 0.1) is 25.3 Å². The van der Waals surface area contributed by atoms with Crippen molar-refractivity contribution in [3.63, 3.8) is 0 Å². The molecule has 0 saturated heterocycles. The minimum atomic E-state index is -4.41. The number of fused-ring (bicyclic) bond motifs is 1. The van der Waals surface area contributed by atoms with Crippen LogP contribution in [-0.2, 0) is 26.0 Å². The molecule has 0 spiro atoms. The maximum absolute atomic E-state index is 12.8. The maximum atomic E-state index is 12.8. The van der Waals surface area contributed by atoms with E-state index in [2.05, 4.69) is 9.47 Å².